The Labute approximate surface area is 121 Å². The van der Waals surface area contributed by atoms with Gasteiger partial charge in [-0.05, 0) is 31.0 Å². The van der Waals surface area contributed by atoms with Crippen molar-refractivity contribution in [1.29, 1.82) is 0 Å². The third kappa shape index (κ3) is 1.80. The molecule has 0 unspecified atom stereocenters. The van der Waals surface area contributed by atoms with Gasteiger partial charge in [0.05, 0.1) is 28.1 Å². The minimum Gasteiger partial charge on any atom is -0.478 e. The zero-order valence-corrected chi connectivity index (χ0v) is 12.7. The van der Waals surface area contributed by atoms with Crippen LogP contribution in [-0.2, 0) is 22.6 Å². The van der Waals surface area contributed by atoms with Crippen LogP contribution in [0.25, 0.3) is 11.3 Å². The van der Waals surface area contributed by atoms with Gasteiger partial charge >= 0.3 is 5.97 Å². The molecule has 0 saturated carbocycles. The molecule has 0 saturated heterocycles. The Balaban J connectivity index is 2.54. The molecule has 0 aliphatic carbocycles. The number of aryl methyl sites for hydroxylation is 2. The van der Waals surface area contributed by atoms with Crippen LogP contribution in [0.5, 0.6) is 0 Å². The standard InChI is InChI=1S/C14H14N2O4S/c1-7-4-10(14(17)18)8(2)11-12-9(5-15-16(12)3)6-21(19,20)13(7)11/h4-5H,6H2,1-3H3,(H,17,18). The van der Waals surface area contributed by atoms with E-state index in [1.165, 1.54) is 12.3 Å². The lowest BCUT2D eigenvalue weighted by molar-refractivity contribution is 0.0696. The van der Waals surface area contributed by atoms with Gasteiger partial charge in [0.15, 0.2) is 9.84 Å². The summed E-state index contributed by atoms with van der Waals surface area (Å²) >= 11 is 0. The molecule has 1 aromatic carbocycles. The number of carboxylic acids is 1. The Hall–Kier alpha value is -2.15. The topological polar surface area (TPSA) is 89.3 Å². The third-order valence-corrected chi connectivity index (χ3v) is 5.70. The number of aromatic nitrogens is 2. The van der Waals surface area contributed by atoms with Crippen molar-refractivity contribution in [3.63, 3.8) is 0 Å². The number of carbonyl (C=O) groups is 1. The van der Waals surface area contributed by atoms with Crippen molar-refractivity contribution in [2.45, 2.75) is 24.5 Å². The molecule has 1 aromatic heterocycles. The summed E-state index contributed by atoms with van der Waals surface area (Å²) in [5, 5.41) is 13.4. The Morgan fingerprint density at radius 3 is 2.67 bits per heavy atom. The fraction of sp³-hybridized carbons (Fsp3) is 0.286. The molecule has 7 heteroatoms. The summed E-state index contributed by atoms with van der Waals surface area (Å²) in [5.74, 6) is -1.17. The van der Waals surface area contributed by atoms with E-state index >= 15 is 0 Å². The Bertz CT molecular complexity index is 894. The summed E-state index contributed by atoms with van der Waals surface area (Å²) in [6.45, 7) is 3.27. The van der Waals surface area contributed by atoms with Crippen molar-refractivity contribution in [2.75, 3.05) is 0 Å². The van der Waals surface area contributed by atoms with Crippen LogP contribution in [0.15, 0.2) is 17.2 Å². The highest BCUT2D eigenvalue weighted by atomic mass is 32.2. The fourth-order valence-electron chi connectivity index (χ4n) is 2.99. The predicted octanol–water partition coefficient (Wildman–Crippen LogP) is 1.69. The number of rotatable bonds is 1. The maximum absolute atomic E-state index is 12.5. The number of aromatic carboxylic acids is 1. The predicted molar refractivity (Wildman–Crippen MR) is 76.0 cm³/mol. The average Bonchev–Trinajstić information content (AvgIpc) is 2.72. The van der Waals surface area contributed by atoms with Gasteiger partial charge < -0.3 is 5.11 Å². The smallest absolute Gasteiger partial charge is 0.335 e. The van der Waals surface area contributed by atoms with E-state index in [-0.39, 0.29) is 16.2 Å². The quantitative estimate of drug-likeness (QED) is 0.866. The van der Waals surface area contributed by atoms with Crippen molar-refractivity contribution in [3.8, 4) is 11.3 Å². The van der Waals surface area contributed by atoms with Crippen molar-refractivity contribution >= 4 is 15.8 Å². The van der Waals surface area contributed by atoms with Gasteiger partial charge in [0.1, 0.15) is 0 Å². The molecule has 0 bridgehead atoms. The van der Waals surface area contributed by atoms with E-state index in [1.807, 2.05) is 0 Å². The molecule has 0 radical (unpaired) electrons. The summed E-state index contributed by atoms with van der Waals surface area (Å²) in [7, 11) is -1.76. The normalized spacial score (nSPS) is 15.4. The molecule has 1 aliphatic heterocycles. The fourth-order valence-corrected chi connectivity index (χ4v) is 4.86. The second-order valence-electron chi connectivity index (χ2n) is 5.28. The molecule has 0 atom stereocenters. The van der Waals surface area contributed by atoms with Crippen LogP contribution in [-0.4, -0.2) is 29.3 Å². The van der Waals surface area contributed by atoms with Crippen molar-refractivity contribution in [1.82, 2.24) is 9.78 Å². The lowest BCUT2D eigenvalue weighted by atomic mass is 9.95. The molecule has 0 spiro atoms. The number of hydrogen-bond acceptors (Lipinski definition) is 4. The van der Waals surface area contributed by atoms with E-state index in [4.69, 9.17) is 0 Å². The van der Waals surface area contributed by atoms with Crippen LogP contribution in [0, 0.1) is 13.8 Å². The maximum Gasteiger partial charge on any atom is 0.335 e. The third-order valence-electron chi connectivity index (χ3n) is 3.86. The van der Waals surface area contributed by atoms with E-state index in [9.17, 15) is 18.3 Å². The first-order valence-electron chi connectivity index (χ1n) is 6.35. The number of carboxylic acid groups (broad SMARTS) is 1. The number of hydrogen-bond donors (Lipinski definition) is 1. The highest BCUT2D eigenvalue weighted by molar-refractivity contribution is 7.91. The van der Waals surface area contributed by atoms with E-state index in [2.05, 4.69) is 5.10 Å². The van der Waals surface area contributed by atoms with Crippen molar-refractivity contribution in [3.05, 3.63) is 34.5 Å². The lowest BCUT2D eigenvalue weighted by Crippen LogP contribution is -2.18. The molecule has 6 nitrogen and oxygen atoms in total. The van der Waals surface area contributed by atoms with Gasteiger partial charge in [-0.2, -0.15) is 5.10 Å². The first-order valence-corrected chi connectivity index (χ1v) is 8.00. The van der Waals surface area contributed by atoms with E-state index < -0.39 is 15.8 Å². The lowest BCUT2D eigenvalue weighted by Gasteiger charge is -2.23. The van der Waals surface area contributed by atoms with Crippen LogP contribution in [0.3, 0.4) is 0 Å². The molecule has 3 rings (SSSR count). The molecular formula is C14H14N2O4S. The Morgan fingerprint density at radius 2 is 2.05 bits per heavy atom. The first kappa shape index (κ1) is 13.8. The highest BCUT2D eigenvalue weighted by Crippen LogP contribution is 2.42. The Morgan fingerprint density at radius 1 is 1.38 bits per heavy atom. The minimum atomic E-state index is -3.48. The van der Waals surface area contributed by atoms with Crippen LogP contribution in [0.4, 0.5) is 0 Å². The van der Waals surface area contributed by atoms with Gasteiger partial charge in [-0.15, -0.1) is 0 Å². The van der Waals surface area contributed by atoms with Gasteiger partial charge in [-0.3, -0.25) is 4.68 Å². The van der Waals surface area contributed by atoms with Crippen LogP contribution in [0.1, 0.15) is 27.0 Å². The second-order valence-corrected chi connectivity index (χ2v) is 7.20. The summed E-state index contributed by atoms with van der Waals surface area (Å²) in [5.41, 5.74) is 2.79. The monoisotopic (exact) mass is 306 g/mol. The van der Waals surface area contributed by atoms with Gasteiger partial charge in [0.2, 0.25) is 0 Å². The molecule has 1 aliphatic rings. The molecule has 2 aromatic rings. The molecule has 0 fully saturated rings. The van der Waals surface area contributed by atoms with Crippen LogP contribution in [0.2, 0.25) is 0 Å². The van der Waals surface area contributed by atoms with Crippen molar-refractivity contribution < 1.29 is 18.3 Å². The Kier molecular flexibility index (Phi) is 2.75. The van der Waals surface area contributed by atoms with Crippen LogP contribution < -0.4 is 0 Å². The molecule has 2 heterocycles. The number of nitrogens with zero attached hydrogens (tertiary/aromatic N) is 2. The largest absolute Gasteiger partial charge is 0.478 e. The van der Waals surface area contributed by atoms with E-state index in [0.717, 1.165) is 0 Å². The SMILES string of the molecule is Cc1cc(C(=O)O)c(C)c2c1S(=O)(=O)Cc1cnn(C)c1-2. The minimum absolute atomic E-state index is 0.101. The number of benzene rings is 1. The molecule has 0 amide bonds. The summed E-state index contributed by atoms with van der Waals surface area (Å²) in [6, 6.07) is 1.43. The molecule has 1 N–H and O–H groups in total. The zero-order chi connectivity index (χ0) is 15.5. The molecule has 21 heavy (non-hydrogen) atoms. The molecule has 110 valence electrons. The maximum atomic E-state index is 12.5. The summed E-state index contributed by atoms with van der Waals surface area (Å²) in [4.78, 5) is 11.6. The van der Waals surface area contributed by atoms with Crippen LogP contribution >= 0.6 is 0 Å². The molecular weight excluding hydrogens is 292 g/mol. The summed E-state index contributed by atoms with van der Waals surface area (Å²) in [6.07, 6.45) is 1.53. The number of sulfone groups is 1. The van der Waals surface area contributed by atoms with Gasteiger partial charge in [0, 0.05) is 18.2 Å². The highest BCUT2D eigenvalue weighted by Gasteiger charge is 2.34. The van der Waals surface area contributed by atoms with E-state index in [0.29, 0.717) is 27.9 Å². The second kappa shape index (κ2) is 4.17. The zero-order valence-electron chi connectivity index (χ0n) is 11.8. The van der Waals surface area contributed by atoms with Gasteiger partial charge in [0.25, 0.3) is 0 Å². The number of fused-ring (bicyclic) bond motifs is 3. The van der Waals surface area contributed by atoms with Crippen molar-refractivity contribution in [2.24, 2.45) is 7.05 Å². The average molecular weight is 306 g/mol. The van der Waals surface area contributed by atoms with E-state index in [1.54, 1.807) is 25.6 Å². The van der Waals surface area contributed by atoms with Gasteiger partial charge in [-0.1, -0.05) is 0 Å². The summed E-state index contributed by atoms with van der Waals surface area (Å²) < 4.78 is 26.6. The first-order chi connectivity index (χ1) is 9.74. The van der Waals surface area contributed by atoms with Gasteiger partial charge in [-0.25, -0.2) is 13.2 Å².